The van der Waals surface area contributed by atoms with Gasteiger partial charge < -0.3 is 9.84 Å². The Kier molecular flexibility index (Phi) is 3.51. The lowest BCUT2D eigenvalue weighted by molar-refractivity contribution is 0.0623. The second kappa shape index (κ2) is 5.31. The van der Waals surface area contributed by atoms with Crippen molar-refractivity contribution in [1.29, 1.82) is 0 Å². The molecule has 0 saturated heterocycles. The number of fused-ring (bicyclic) bond motifs is 1. The van der Waals surface area contributed by atoms with Gasteiger partial charge in [-0.2, -0.15) is 0 Å². The molecule has 0 heterocycles. The van der Waals surface area contributed by atoms with Gasteiger partial charge in [-0.05, 0) is 47.9 Å². The van der Waals surface area contributed by atoms with Crippen LogP contribution >= 0.6 is 11.6 Å². The van der Waals surface area contributed by atoms with Crippen LogP contribution < -0.4 is 4.74 Å². The summed E-state index contributed by atoms with van der Waals surface area (Å²) in [5.74, 6) is 0.708. The average molecular weight is 287 g/mol. The first-order valence-electron chi connectivity index (χ1n) is 6.53. The van der Waals surface area contributed by atoms with Crippen LogP contribution in [-0.4, -0.2) is 11.2 Å². The SMILES string of the molecule is Cc1cc(O[C@H]2C=Cc3ccccc3[C@@H]2O)ccc1Cl. The highest BCUT2D eigenvalue weighted by Crippen LogP contribution is 2.31. The fourth-order valence-corrected chi connectivity index (χ4v) is 2.48. The van der Waals surface area contributed by atoms with Crippen LogP contribution in [0.25, 0.3) is 6.08 Å². The van der Waals surface area contributed by atoms with E-state index in [0.717, 1.165) is 16.7 Å². The van der Waals surface area contributed by atoms with E-state index >= 15 is 0 Å². The van der Waals surface area contributed by atoms with Crippen LogP contribution in [0.2, 0.25) is 5.02 Å². The largest absolute Gasteiger partial charge is 0.483 e. The third-order valence-electron chi connectivity index (χ3n) is 3.49. The average Bonchev–Trinajstić information content (AvgIpc) is 2.46. The molecule has 0 bridgehead atoms. The van der Waals surface area contributed by atoms with Crippen LogP contribution in [0.3, 0.4) is 0 Å². The number of rotatable bonds is 2. The van der Waals surface area contributed by atoms with E-state index in [9.17, 15) is 5.11 Å². The van der Waals surface area contributed by atoms with Crippen molar-refractivity contribution in [1.82, 2.24) is 0 Å². The van der Waals surface area contributed by atoms with E-state index in [-0.39, 0.29) is 6.10 Å². The molecular formula is C17H15ClO2. The molecule has 20 heavy (non-hydrogen) atoms. The molecule has 2 atom stereocenters. The van der Waals surface area contributed by atoms with Gasteiger partial charge in [0, 0.05) is 5.02 Å². The molecule has 0 saturated carbocycles. The smallest absolute Gasteiger partial charge is 0.147 e. The lowest BCUT2D eigenvalue weighted by Gasteiger charge is -2.26. The Hall–Kier alpha value is -1.77. The predicted molar refractivity (Wildman–Crippen MR) is 81.0 cm³/mol. The molecule has 1 N–H and O–H groups in total. The Morgan fingerprint density at radius 2 is 1.95 bits per heavy atom. The molecule has 102 valence electrons. The van der Waals surface area contributed by atoms with Gasteiger partial charge in [0.05, 0.1) is 0 Å². The summed E-state index contributed by atoms with van der Waals surface area (Å²) < 4.78 is 5.86. The van der Waals surface area contributed by atoms with Crippen LogP contribution in [0.4, 0.5) is 0 Å². The molecule has 0 spiro atoms. The molecule has 0 aliphatic heterocycles. The summed E-state index contributed by atoms with van der Waals surface area (Å²) in [6.07, 6.45) is 2.82. The van der Waals surface area contributed by atoms with Crippen molar-refractivity contribution in [3.05, 3.63) is 70.3 Å². The fraction of sp³-hybridized carbons (Fsp3) is 0.176. The van der Waals surface area contributed by atoms with Gasteiger partial charge in [0.1, 0.15) is 18.0 Å². The van der Waals surface area contributed by atoms with E-state index in [0.29, 0.717) is 10.8 Å². The highest BCUT2D eigenvalue weighted by Gasteiger charge is 2.25. The Morgan fingerprint density at radius 3 is 2.75 bits per heavy atom. The molecule has 3 heteroatoms. The first kappa shape index (κ1) is 13.2. The highest BCUT2D eigenvalue weighted by molar-refractivity contribution is 6.31. The molecule has 0 fully saturated rings. The maximum absolute atomic E-state index is 10.4. The van der Waals surface area contributed by atoms with Crippen LogP contribution in [-0.2, 0) is 0 Å². The van der Waals surface area contributed by atoms with Crippen molar-refractivity contribution in [3.8, 4) is 5.75 Å². The van der Waals surface area contributed by atoms with Gasteiger partial charge in [0.2, 0.25) is 0 Å². The minimum atomic E-state index is -0.660. The first-order chi connectivity index (χ1) is 9.65. The molecular weight excluding hydrogens is 272 g/mol. The van der Waals surface area contributed by atoms with E-state index in [4.69, 9.17) is 16.3 Å². The first-order valence-corrected chi connectivity index (χ1v) is 6.91. The quantitative estimate of drug-likeness (QED) is 0.898. The van der Waals surface area contributed by atoms with Crippen molar-refractivity contribution in [2.24, 2.45) is 0 Å². The molecule has 2 aromatic rings. The van der Waals surface area contributed by atoms with Crippen molar-refractivity contribution < 1.29 is 9.84 Å². The van der Waals surface area contributed by atoms with Crippen molar-refractivity contribution in [3.63, 3.8) is 0 Å². The van der Waals surface area contributed by atoms with Crippen LogP contribution in [0.5, 0.6) is 5.75 Å². The summed E-state index contributed by atoms with van der Waals surface area (Å²) in [5.41, 5.74) is 2.89. The zero-order valence-corrected chi connectivity index (χ0v) is 11.8. The van der Waals surface area contributed by atoms with Gasteiger partial charge in [-0.3, -0.25) is 0 Å². The molecule has 2 nitrogen and oxygen atoms in total. The van der Waals surface area contributed by atoms with Crippen LogP contribution in [0, 0.1) is 6.92 Å². The van der Waals surface area contributed by atoms with Gasteiger partial charge in [0.15, 0.2) is 0 Å². The Morgan fingerprint density at radius 1 is 1.15 bits per heavy atom. The summed E-state index contributed by atoms with van der Waals surface area (Å²) in [7, 11) is 0. The molecule has 0 amide bonds. The minimum Gasteiger partial charge on any atom is -0.483 e. The summed E-state index contributed by atoms with van der Waals surface area (Å²) in [5, 5.41) is 11.1. The summed E-state index contributed by atoms with van der Waals surface area (Å²) in [4.78, 5) is 0. The second-order valence-electron chi connectivity index (χ2n) is 4.93. The lowest BCUT2D eigenvalue weighted by atomic mass is 9.93. The third kappa shape index (κ3) is 2.45. The number of halogens is 1. The second-order valence-corrected chi connectivity index (χ2v) is 5.33. The van der Waals surface area contributed by atoms with Gasteiger partial charge >= 0.3 is 0 Å². The lowest BCUT2D eigenvalue weighted by Crippen LogP contribution is -2.25. The van der Waals surface area contributed by atoms with E-state index in [1.54, 1.807) is 6.07 Å². The van der Waals surface area contributed by atoms with Crippen molar-refractivity contribution >= 4 is 17.7 Å². The predicted octanol–water partition coefficient (Wildman–Crippen LogP) is 4.16. The summed E-state index contributed by atoms with van der Waals surface area (Å²) in [6.45, 7) is 1.93. The number of ether oxygens (including phenoxy) is 1. The van der Waals surface area contributed by atoms with Crippen LogP contribution in [0.1, 0.15) is 22.8 Å². The van der Waals surface area contributed by atoms with Crippen molar-refractivity contribution in [2.45, 2.75) is 19.1 Å². The molecule has 1 aliphatic rings. The standard InChI is InChI=1S/C17H15ClO2/c1-11-10-13(7-8-15(11)18)20-16-9-6-12-4-2-3-5-14(12)17(16)19/h2-10,16-17,19H,1H3/t16-,17-/m0/s1. The monoisotopic (exact) mass is 286 g/mol. The number of benzene rings is 2. The Bertz CT molecular complexity index is 664. The van der Waals surface area contributed by atoms with Gasteiger partial charge in [-0.25, -0.2) is 0 Å². The number of aryl methyl sites for hydroxylation is 1. The van der Waals surface area contributed by atoms with Crippen molar-refractivity contribution in [2.75, 3.05) is 0 Å². The Balaban J connectivity index is 1.84. The zero-order valence-electron chi connectivity index (χ0n) is 11.1. The maximum Gasteiger partial charge on any atom is 0.147 e. The zero-order chi connectivity index (χ0) is 14.1. The van der Waals surface area contributed by atoms with E-state index in [2.05, 4.69) is 0 Å². The Labute approximate surface area is 123 Å². The van der Waals surface area contributed by atoms with E-state index < -0.39 is 6.10 Å². The van der Waals surface area contributed by atoms with Gasteiger partial charge in [-0.1, -0.05) is 41.9 Å². The van der Waals surface area contributed by atoms with Gasteiger partial charge in [-0.15, -0.1) is 0 Å². The van der Waals surface area contributed by atoms with E-state index in [1.165, 1.54) is 0 Å². The van der Waals surface area contributed by atoms with Gasteiger partial charge in [0.25, 0.3) is 0 Å². The molecule has 0 radical (unpaired) electrons. The fourth-order valence-electron chi connectivity index (χ4n) is 2.36. The topological polar surface area (TPSA) is 29.5 Å². The third-order valence-corrected chi connectivity index (χ3v) is 3.92. The summed E-state index contributed by atoms with van der Waals surface area (Å²) >= 11 is 6.00. The highest BCUT2D eigenvalue weighted by atomic mass is 35.5. The molecule has 0 unspecified atom stereocenters. The number of aliphatic hydroxyl groups excluding tert-OH is 1. The molecule has 2 aromatic carbocycles. The van der Waals surface area contributed by atoms with E-state index in [1.807, 2.05) is 55.5 Å². The number of hydrogen-bond acceptors (Lipinski definition) is 2. The molecule has 1 aliphatic carbocycles. The number of aliphatic hydroxyl groups is 1. The minimum absolute atomic E-state index is 0.384. The molecule has 3 rings (SSSR count). The molecule has 0 aromatic heterocycles. The van der Waals surface area contributed by atoms with Crippen LogP contribution in [0.15, 0.2) is 48.5 Å². The summed E-state index contributed by atoms with van der Waals surface area (Å²) in [6, 6.07) is 13.3. The normalized spacial score (nSPS) is 20.6. The number of hydrogen-bond donors (Lipinski definition) is 1. The maximum atomic E-state index is 10.4.